The van der Waals surface area contributed by atoms with Crippen LogP contribution in [0.5, 0.6) is 0 Å². The molecule has 0 radical (unpaired) electrons. The van der Waals surface area contributed by atoms with E-state index in [-0.39, 0.29) is 10.8 Å². The van der Waals surface area contributed by atoms with Gasteiger partial charge in [-0.3, -0.25) is 9.78 Å². The summed E-state index contributed by atoms with van der Waals surface area (Å²) in [6.45, 7) is 1.72. The summed E-state index contributed by atoms with van der Waals surface area (Å²) in [6, 6.07) is 9.60. The Bertz CT molecular complexity index is 798. The molecule has 0 atom stereocenters. The van der Waals surface area contributed by atoms with Crippen molar-refractivity contribution in [1.29, 1.82) is 0 Å². The lowest BCUT2D eigenvalue weighted by Gasteiger charge is -2.04. The molecule has 7 heteroatoms. The van der Waals surface area contributed by atoms with Gasteiger partial charge in [-0.05, 0) is 36.8 Å². The highest BCUT2D eigenvalue weighted by atomic mass is 32.2. The van der Waals surface area contributed by atoms with Crippen LogP contribution in [0.3, 0.4) is 0 Å². The van der Waals surface area contributed by atoms with Gasteiger partial charge in [0.15, 0.2) is 9.84 Å². The molecule has 0 aliphatic rings. The lowest BCUT2D eigenvalue weighted by molar-refractivity contribution is 0.0954. The summed E-state index contributed by atoms with van der Waals surface area (Å²) < 4.78 is 22.8. The number of rotatable bonds is 4. The summed E-state index contributed by atoms with van der Waals surface area (Å²) in [5.41, 5.74) is 4.13. The Morgan fingerprint density at radius 1 is 1.14 bits per heavy atom. The number of hydrazone groups is 1. The lowest BCUT2D eigenvalue weighted by atomic mass is 10.1. The standard InChI is InChI=1S/C15H15N3O3S/c1-11(12-5-7-14(8-6-12)22(2,20)21)17-18-15(19)13-4-3-9-16-10-13/h3-10H,1-2H3,(H,18,19)/b17-11-. The van der Waals surface area contributed by atoms with E-state index in [1.54, 1.807) is 37.4 Å². The van der Waals surface area contributed by atoms with E-state index in [0.717, 1.165) is 11.8 Å². The first-order valence-electron chi connectivity index (χ1n) is 6.43. The molecule has 22 heavy (non-hydrogen) atoms. The average molecular weight is 317 g/mol. The van der Waals surface area contributed by atoms with E-state index >= 15 is 0 Å². The summed E-state index contributed by atoms with van der Waals surface area (Å²) in [6.07, 6.45) is 4.17. The SMILES string of the molecule is C/C(=N/NC(=O)c1cccnc1)c1ccc(S(C)(=O)=O)cc1. The van der Waals surface area contributed by atoms with E-state index < -0.39 is 9.84 Å². The van der Waals surface area contributed by atoms with Gasteiger partial charge >= 0.3 is 0 Å². The summed E-state index contributed by atoms with van der Waals surface area (Å²) >= 11 is 0. The Morgan fingerprint density at radius 2 is 1.82 bits per heavy atom. The Morgan fingerprint density at radius 3 is 2.36 bits per heavy atom. The molecule has 0 aliphatic carbocycles. The topological polar surface area (TPSA) is 88.5 Å². The van der Waals surface area contributed by atoms with Crippen LogP contribution in [-0.2, 0) is 9.84 Å². The number of carbonyl (C=O) groups is 1. The molecule has 0 bridgehead atoms. The maximum absolute atomic E-state index is 11.8. The van der Waals surface area contributed by atoms with Gasteiger partial charge in [0.1, 0.15) is 0 Å². The van der Waals surface area contributed by atoms with Crippen molar-refractivity contribution in [3.63, 3.8) is 0 Å². The van der Waals surface area contributed by atoms with Crippen LogP contribution in [0.4, 0.5) is 0 Å². The van der Waals surface area contributed by atoms with Crippen LogP contribution in [0.15, 0.2) is 58.8 Å². The normalized spacial score (nSPS) is 12.0. The molecule has 2 rings (SSSR count). The number of sulfone groups is 1. The van der Waals surface area contributed by atoms with Crippen LogP contribution in [0, 0.1) is 0 Å². The van der Waals surface area contributed by atoms with Gasteiger partial charge in [-0.25, -0.2) is 13.8 Å². The minimum absolute atomic E-state index is 0.239. The van der Waals surface area contributed by atoms with Crippen LogP contribution in [0.25, 0.3) is 0 Å². The molecule has 114 valence electrons. The van der Waals surface area contributed by atoms with Crippen molar-refractivity contribution in [1.82, 2.24) is 10.4 Å². The van der Waals surface area contributed by atoms with Crippen molar-refractivity contribution < 1.29 is 13.2 Å². The van der Waals surface area contributed by atoms with Gasteiger partial charge in [-0.15, -0.1) is 0 Å². The van der Waals surface area contributed by atoms with Gasteiger partial charge in [0.05, 0.1) is 16.2 Å². The van der Waals surface area contributed by atoms with Gasteiger partial charge in [0.2, 0.25) is 0 Å². The van der Waals surface area contributed by atoms with E-state index in [9.17, 15) is 13.2 Å². The molecule has 1 aromatic heterocycles. The van der Waals surface area contributed by atoms with E-state index in [1.165, 1.54) is 18.3 Å². The van der Waals surface area contributed by atoms with Gasteiger partial charge < -0.3 is 0 Å². The quantitative estimate of drug-likeness (QED) is 0.686. The molecule has 1 N–H and O–H groups in total. The molecule has 0 saturated heterocycles. The Balaban J connectivity index is 2.11. The number of nitrogens with one attached hydrogen (secondary N) is 1. The van der Waals surface area contributed by atoms with E-state index in [0.29, 0.717) is 11.3 Å². The second-order valence-electron chi connectivity index (χ2n) is 4.68. The van der Waals surface area contributed by atoms with Crippen molar-refractivity contribution >= 4 is 21.5 Å². The molecule has 2 aromatic rings. The first kappa shape index (κ1) is 15.8. The van der Waals surface area contributed by atoms with Crippen molar-refractivity contribution in [2.45, 2.75) is 11.8 Å². The number of aromatic nitrogens is 1. The van der Waals surface area contributed by atoms with Crippen molar-refractivity contribution in [2.24, 2.45) is 5.10 Å². The number of benzene rings is 1. The predicted octanol–water partition coefficient (Wildman–Crippen LogP) is 1.64. The summed E-state index contributed by atoms with van der Waals surface area (Å²) in [5.74, 6) is -0.361. The molecule has 6 nitrogen and oxygen atoms in total. The molecule has 0 spiro atoms. The van der Waals surface area contributed by atoms with E-state index in [1.807, 2.05) is 0 Å². The molecule has 0 saturated carbocycles. The minimum atomic E-state index is -3.22. The van der Waals surface area contributed by atoms with Gasteiger partial charge in [-0.1, -0.05) is 12.1 Å². The largest absolute Gasteiger partial charge is 0.272 e. The number of nitrogens with zero attached hydrogens (tertiary/aromatic N) is 2. The third-order valence-corrected chi connectivity index (χ3v) is 4.08. The number of hydrogen-bond acceptors (Lipinski definition) is 5. The first-order chi connectivity index (χ1) is 10.4. The molecule has 1 heterocycles. The van der Waals surface area contributed by atoms with Crippen molar-refractivity contribution in [3.8, 4) is 0 Å². The zero-order valence-electron chi connectivity index (χ0n) is 12.1. The first-order valence-corrected chi connectivity index (χ1v) is 8.32. The van der Waals surface area contributed by atoms with E-state index in [4.69, 9.17) is 0 Å². The monoisotopic (exact) mass is 317 g/mol. The van der Waals surface area contributed by atoms with Gasteiger partial charge in [0, 0.05) is 18.6 Å². The summed E-state index contributed by atoms with van der Waals surface area (Å²) in [5, 5.41) is 4.00. The number of hydrogen-bond donors (Lipinski definition) is 1. The Hall–Kier alpha value is -2.54. The molecular weight excluding hydrogens is 302 g/mol. The fourth-order valence-corrected chi connectivity index (χ4v) is 2.33. The molecular formula is C15H15N3O3S. The Labute approximate surface area is 128 Å². The minimum Gasteiger partial charge on any atom is -0.267 e. The van der Waals surface area contributed by atoms with Crippen LogP contribution < -0.4 is 5.43 Å². The summed E-state index contributed by atoms with van der Waals surface area (Å²) in [4.78, 5) is 15.9. The third-order valence-electron chi connectivity index (χ3n) is 2.95. The van der Waals surface area contributed by atoms with Gasteiger partial charge in [0.25, 0.3) is 5.91 Å². The Kier molecular flexibility index (Phi) is 4.67. The van der Waals surface area contributed by atoms with Crippen LogP contribution in [-0.4, -0.2) is 31.3 Å². The zero-order chi connectivity index (χ0) is 16.2. The fourth-order valence-electron chi connectivity index (χ4n) is 1.70. The number of carbonyl (C=O) groups excluding carboxylic acids is 1. The maximum atomic E-state index is 11.8. The van der Waals surface area contributed by atoms with Crippen LogP contribution >= 0.6 is 0 Å². The molecule has 0 unspecified atom stereocenters. The molecule has 0 aliphatic heterocycles. The highest BCUT2D eigenvalue weighted by molar-refractivity contribution is 7.90. The third kappa shape index (κ3) is 3.98. The highest BCUT2D eigenvalue weighted by Gasteiger charge is 2.08. The molecule has 0 fully saturated rings. The van der Waals surface area contributed by atoms with Crippen LogP contribution in [0.2, 0.25) is 0 Å². The fraction of sp³-hybridized carbons (Fsp3) is 0.133. The predicted molar refractivity (Wildman–Crippen MR) is 83.5 cm³/mol. The lowest BCUT2D eigenvalue weighted by Crippen LogP contribution is -2.19. The summed E-state index contributed by atoms with van der Waals surface area (Å²) in [7, 11) is -3.22. The number of amides is 1. The average Bonchev–Trinajstić information content (AvgIpc) is 2.52. The van der Waals surface area contributed by atoms with E-state index in [2.05, 4.69) is 15.5 Å². The molecule has 1 aromatic carbocycles. The van der Waals surface area contributed by atoms with Crippen molar-refractivity contribution in [2.75, 3.05) is 6.26 Å². The smallest absolute Gasteiger partial charge is 0.267 e. The van der Waals surface area contributed by atoms with Crippen LogP contribution in [0.1, 0.15) is 22.8 Å². The zero-order valence-corrected chi connectivity index (χ0v) is 13.0. The molecule has 1 amide bonds. The maximum Gasteiger partial charge on any atom is 0.272 e. The number of pyridine rings is 1. The second kappa shape index (κ2) is 6.48. The van der Waals surface area contributed by atoms with Crippen molar-refractivity contribution in [3.05, 3.63) is 59.9 Å². The highest BCUT2D eigenvalue weighted by Crippen LogP contribution is 2.11. The van der Waals surface area contributed by atoms with Gasteiger partial charge in [-0.2, -0.15) is 5.10 Å². The second-order valence-corrected chi connectivity index (χ2v) is 6.69.